The summed E-state index contributed by atoms with van der Waals surface area (Å²) in [6.45, 7) is 2.61. The molecule has 1 aromatic carbocycles. The van der Waals surface area contributed by atoms with E-state index >= 15 is 0 Å². The molecule has 2 aromatic rings. The van der Waals surface area contributed by atoms with Gasteiger partial charge >= 0.3 is 0 Å². The fraction of sp³-hybridized carbons (Fsp3) is 0.467. The molecule has 1 saturated carbocycles. The fourth-order valence-corrected chi connectivity index (χ4v) is 5.62. The third kappa shape index (κ3) is 7.36. The van der Waals surface area contributed by atoms with Crippen molar-refractivity contribution >= 4 is 5.91 Å². The number of pyridine rings is 1. The van der Waals surface area contributed by atoms with Crippen molar-refractivity contribution in [2.45, 2.75) is 70.6 Å². The van der Waals surface area contributed by atoms with Gasteiger partial charge in [0, 0.05) is 37.7 Å². The zero-order valence-corrected chi connectivity index (χ0v) is 20.6. The highest BCUT2D eigenvalue weighted by atomic mass is 16.3. The van der Waals surface area contributed by atoms with E-state index in [9.17, 15) is 15.0 Å². The van der Waals surface area contributed by atoms with Gasteiger partial charge in [0.25, 0.3) is 0 Å². The van der Waals surface area contributed by atoms with Gasteiger partial charge in [0.05, 0.1) is 12.2 Å². The molecule has 5 heteroatoms. The first-order chi connectivity index (χ1) is 17.0. The molecule has 2 aliphatic carbocycles. The van der Waals surface area contributed by atoms with E-state index in [4.69, 9.17) is 0 Å². The van der Waals surface area contributed by atoms with E-state index in [0.717, 1.165) is 43.2 Å². The highest BCUT2D eigenvalue weighted by Crippen LogP contribution is 2.48. The number of aryl methyl sites for hydroxylation is 1. The van der Waals surface area contributed by atoms with Crippen LogP contribution in [0.2, 0.25) is 0 Å². The Morgan fingerprint density at radius 1 is 1.20 bits per heavy atom. The van der Waals surface area contributed by atoms with Crippen LogP contribution >= 0.6 is 0 Å². The zero-order chi connectivity index (χ0) is 24.6. The lowest BCUT2D eigenvalue weighted by Gasteiger charge is -2.19. The molecule has 186 valence electrons. The number of nitrogens with one attached hydrogen (secondary N) is 1. The summed E-state index contributed by atoms with van der Waals surface area (Å²) in [5.41, 5.74) is 4.85. The first kappa shape index (κ1) is 25.3. The van der Waals surface area contributed by atoms with E-state index < -0.39 is 6.10 Å². The second-order valence-electron chi connectivity index (χ2n) is 10.2. The number of rotatable bonds is 11. The number of amides is 1. The zero-order valence-electron chi connectivity index (χ0n) is 20.6. The molecule has 0 saturated heterocycles. The Bertz CT molecular complexity index is 1030. The summed E-state index contributed by atoms with van der Waals surface area (Å²) < 4.78 is 0. The minimum Gasteiger partial charge on any atom is -0.392 e. The molecule has 1 amide bonds. The number of hydrogen-bond acceptors (Lipinski definition) is 4. The quantitative estimate of drug-likeness (QED) is 0.327. The van der Waals surface area contributed by atoms with Crippen LogP contribution < -0.4 is 5.32 Å². The maximum Gasteiger partial charge on any atom is 0.220 e. The topological polar surface area (TPSA) is 82.5 Å². The van der Waals surface area contributed by atoms with Gasteiger partial charge in [-0.2, -0.15) is 0 Å². The van der Waals surface area contributed by atoms with Crippen LogP contribution in [0.4, 0.5) is 0 Å². The summed E-state index contributed by atoms with van der Waals surface area (Å²) >= 11 is 0. The molecule has 0 unspecified atom stereocenters. The number of aliphatic hydroxyl groups is 2. The summed E-state index contributed by atoms with van der Waals surface area (Å²) in [5, 5.41) is 24.1. The average molecular weight is 475 g/mol. The Labute approximate surface area is 209 Å². The number of aromatic nitrogens is 1. The van der Waals surface area contributed by atoms with E-state index in [1.165, 1.54) is 11.1 Å². The smallest absolute Gasteiger partial charge is 0.220 e. The van der Waals surface area contributed by atoms with Gasteiger partial charge in [-0.15, -0.1) is 0 Å². The molecule has 5 atom stereocenters. The monoisotopic (exact) mass is 474 g/mol. The first-order valence-corrected chi connectivity index (χ1v) is 12.9. The molecule has 3 N–H and O–H groups in total. The van der Waals surface area contributed by atoms with Crippen molar-refractivity contribution in [3.05, 3.63) is 89.3 Å². The van der Waals surface area contributed by atoms with Crippen LogP contribution in [-0.2, 0) is 17.8 Å². The fourth-order valence-electron chi connectivity index (χ4n) is 5.62. The molecular weight excluding hydrogens is 436 g/mol. The maximum absolute atomic E-state index is 12.1. The molecular formula is C30H38N2O3. The van der Waals surface area contributed by atoms with E-state index in [0.29, 0.717) is 31.2 Å². The van der Waals surface area contributed by atoms with Crippen molar-refractivity contribution in [2.75, 3.05) is 0 Å². The Morgan fingerprint density at radius 2 is 2.03 bits per heavy atom. The lowest BCUT2D eigenvalue weighted by molar-refractivity contribution is -0.121. The maximum atomic E-state index is 12.1. The third-order valence-electron chi connectivity index (χ3n) is 7.42. The van der Waals surface area contributed by atoms with E-state index in [2.05, 4.69) is 41.5 Å². The van der Waals surface area contributed by atoms with Gasteiger partial charge in [-0.3, -0.25) is 9.78 Å². The lowest BCUT2D eigenvalue weighted by Crippen LogP contribution is -2.22. The molecule has 0 aliphatic heterocycles. The van der Waals surface area contributed by atoms with Gasteiger partial charge in [0.15, 0.2) is 0 Å². The van der Waals surface area contributed by atoms with Gasteiger partial charge in [-0.05, 0) is 74.1 Å². The van der Waals surface area contributed by atoms with E-state index in [1.54, 1.807) is 12.4 Å². The first-order valence-electron chi connectivity index (χ1n) is 12.9. The SMILES string of the molecule is Cc1cccc(C[C@H](O)C=C[C@@H]2[C@H]3CC(CCCCC(=O)NCc4ccncc4)=C[C@H]3C[C@H]2O)c1. The van der Waals surface area contributed by atoms with Crippen LogP contribution in [0.15, 0.2) is 72.6 Å². The number of nitrogens with zero attached hydrogens (tertiary/aromatic N) is 1. The van der Waals surface area contributed by atoms with Crippen LogP contribution in [-0.4, -0.2) is 33.3 Å². The van der Waals surface area contributed by atoms with Crippen LogP contribution in [0.3, 0.4) is 0 Å². The van der Waals surface area contributed by atoms with Crippen molar-refractivity contribution in [2.24, 2.45) is 17.8 Å². The molecule has 2 aliphatic rings. The predicted molar refractivity (Wildman–Crippen MR) is 138 cm³/mol. The lowest BCUT2D eigenvalue weighted by atomic mass is 9.88. The molecule has 35 heavy (non-hydrogen) atoms. The summed E-state index contributed by atoms with van der Waals surface area (Å²) in [7, 11) is 0. The van der Waals surface area contributed by atoms with E-state index in [1.807, 2.05) is 30.3 Å². The number of fused-ring (bicyclic) bond motifs is 1. The van der Waals surface area contributed by atoms with Crippen LogP contribution in [0.1, 0.15) is 55.2 Å². The molecule has 1 heterocycles. The Morgan fingerprint density at radius 3 is 2.83 bits per heavy atom. The van der Waals surface area contributed by atoms with Gasteiger partial charge < -0.3 is 15.5 Å². The molecule has 4 rings (SSSR count). The molecule has 1 fully saturated rings. The number of carbonyl (C=O) groups excluding carboxylic acids is 1. The van der Waals surface area contributed by atoms with Gasteiger partial charge in [0.1, 0.15) is 0 Å². The third-order valence-corrected chi connectivity index (χ3v) is 7.42. The number of benzene rings is 1. The Balaban J connectivity index is 1.17. The number of unbranched alkanes of at least 4 members (excludes halogenated alkanes) is 1. The summed E-state index contributed by atoms with van der Waals surface area (Å²) in [6.07, 6.45) is 14.8. The minimum atomic E-state index is -0.540. The highest BCUT2D eigenvalue weighted by molar-refractivity contribution is 5.75. The normalized spacial score (nSPS) is 24.4. The minimum absolute atomic E-state index is 0.0941. The van der Waals surface area contributed by atoms with Crippen molar-refractivity contribution in [3.8, 4) is 0 Å². The van der Waals surface area contributed by atoms with Gasteiger partial charge in [0.2, 0.25) is 5.91 Å². The van der Waals surface area contributed by atoms with Gasteiger partial charge in [-0.1, -0.05) is 53.6 Å². The number of aliphatic hydroxyl groups excluding tert-OH is 2. The van der Waals surface area contributed by atoms with E-state index in [-0.39, 0.29) is 17.9 Å². The standard InChI is InChI=1S/C30H38N2O3/c1-21-5-4-7-23(15-21)17-26(33)9-10-27-28-18-24(16-25(28)19-29(27)34)6-2-3-8-30(35)32-20-22-11-13-31-14-12-22/h4-5,7,9-16,25-29,33-34H,2-3,6,8,17-20H2,1H3,(H,32,35)/t25-,26+,27+,28-,29+/m0/s1. The molecule has 0 bridgehead atoms. The van der Waals surface area contributed by atoms with Crippen molar-refractivity contribution in [1.82, 2.24) is 10.3 Å². The molecule has 0 radical (unpaired) electrons. The van der Waals surface area contributed by atoms with Crippen molar-refractivity contribution in [1.29, 1.82) is 0 Å². The van der Waals surface area contributed by atoms with Crippen LogP contribution in [0, 0.1) is 24.7 Å². The Kier molecular flexibility index (Phi) is 8.89. The second kappa shape index (κ2) is 12.3. The molecule has 1 aromatic heterocycles. The van der Waals surface area contributed by atoms with Crippen LogP contribution in [0.25, 0.3) is 0 Å². The average Bonchev–Trinajstić information content (AvgIpc) is 3.36. The summed E-state index contributed by atoms with van der Waals surface area (Å²) in [5.74, 6) is 1.04. The number of allylic oxidation sites excluding steroid dienone is 2. The van der Waals surface area contributed by atoms with Gasteiger partial charge in [-0.25, -0.2) is 0 Å². The van der Waals surface area contributed by atoms with Crippen LogP contribution in [0.5, 0.6) is 0 Å². The number of hydrogen-bond donors (Lipinski definition) is 3. The number of carbonyl (C=O) groups is 1. The Hall–Kier alpha value is -2.76. The predicted octanol–water partition coefficient (Wildman–Crippen LogP) is 4.67. The second-order valence-corrected chi connectivity index (χ2v) is 10.2. The van der Waals surface area contributed by atoms with Crippen molar-refractivity contribution < 1.29 is 15.0 Å². The molecule has 5 nitrogen and oxygen atoms in total. The van der Waals surface area contributed by atoms with Crippen molar-refractivity contribution in [3.63, 3.8) is 0 Å². The largest absolute Gasteiger partial charge is 0.392 e. The highest BCUT2D eigenvalue weighted by Gasteiger charge is 2.43. The summed E-state index contributed by atoms with van der Waals surface area (Å²) in [4.78, 5) is 16.1. The summed E-state index contributed by atoms with van der Waals surface area (Å²) in [6, 6.07) is 12.1. The molecule has 0 spiro atoms.